The number of carbonyl (C=O) groups is 1. The fourth-order valence-corrected chi connectivity index (χ4v) is 2.00. The average molecular weight is 220 g/mol. The van der Waals surface area contributed by atoms with E-state index in [0.29, 0.717) is 6.54 Å². The van der Waals surface area contributed by atoms with Crippen LogP contribution in [0.3, 0.4) is 0 Å². The molecule has 0 atom stereocenters. The summed E-state index contributed by atoms with van der Waals surface area (Å²) in [6, 6.07) is 4.35. The van der Waals surface area contributed by atoms with Crippen LogP contribution in [0.5, 0.6) is 0 Å². The second-order valence-corrected chi connectivity index (χ2v) is 4.18. The lowest BCUT2D eigenvalue weighted by molar-refractivity contribution is -0.119. The highest BCUT2D eigenvalue weighted by Gasteiger charge is 2.04. The molecule has 0 saturated heterocycles. The Morgan fingerprint density at radius 2 is 1.81 bits per heavy atom. The zero-order valence-corrected chi connectivity index (χ0v) is 10.3. The van der Waals surface area contributed by atoms with Crippen molar-refractivity contribution in [2.24, 2.45) is 5.73 Å². The number of nitrogens with two attached hydrogens (primary N) is 1. The van der Waals surface area contributed by atoms with E-state index >= 15 is 0 Å². The second kappa shape index (κ2) is 5.66. The van der Waals surface area contributed by atoms with Crippen LogP contribution in [0.1, 0.15) is 22.3 Å². The lowest BCUT2D eigenvalue weighted by Gasteiger charge is -2.11. The maximum absolute atomic E-state index is 11.0. The van der Waals surface area contributed by atoms with E-state index in [4.69, 9.17) is 5.73 Å². The number of benzene rings is 1. The highest BCUT2D eigenvalue weighted by Crippen LogP contribution is 2.16. The Kier molecular flexibility index (Phi) is 4.50. The third-order valence-electron chi connectivity index (χ3n) is 2.72. The molecule has 3 nitrogen and oxygen atoms in total. The minimum Gasteiger partial charge on any atom is -0.355 e. The van der Waals surface area contributed by atoms with Gasteiger partial charge in [0.15, 0.2) is 0 Å². The van der Waals surface area contributed by atoms with E-state index in [1.807, 2.05) is 0 Å². The molecule has 0 aliphatic rings. The molecule has 1 aromatic carbocycles. The first-order valence-corrected chi connectivity index (χ1v) is 5.58. The monoisotopic (exact) mass is 220 g/mol. The first kappa shape index (κ1) is 12.7. The van der Waals surface area contributed by atoms with Gasteiger partial charge in [0.1, 0.15) is 0 Å². The van der Waals surface area contributed by atoms with Crippen LogP contribution in [0.15, 0.2) is 12.1 Å². The first-order chi connectivity index (χ1) is 7.54. The van der Waals surface area contributed by atoms with E-state index in [2.05, 4.69) is 38.2 Å². The van der Waals surface area contributed by atoms with Crippen molar-refractivity contribution in [1.82, 2.24) is 5.32 Å². The number of rotatable bonds is 4. The molecule has 1 amide bonds. The molecule has 16 heavy (non-hydrogen) atoms. The van der Waals surface area contributed by atoms with Gasteiger partial charge in [-0.05, 0) is 43.9 Å². The number of nitrogens with one attached hydrogen (secondary N) is 1. The zero-order valence-electron chi connectivity index (χ0n) is 10.3. The summed E-state index contributed by atoms with van der Waals surface area (Å²) in [5.41, 5.74) is 10.4. The Bertz CT molecular complexity index is 363. The Morgan fingerprint density at radius 1 is 1.25 bits per heavy atom. The van der Waals surface area contributed by atoms with E-state index < -0.39 is 0 Å². The van der Waals surface area contributed by atoms with Crippen molar-refractivity contribution in [1.29, 1.82) is 0 Å². The Hall–Kier alpha value is -1.35. The lowest BCUT2D eigenvalue weighted by Crippen LogP contribution is -2.31. The predicted molar refractivity (Wildman–Crippen MR) is 66.4 cm³/mol. The summed E-state index contributed by atoms with van der Waals surface area (Å²) in [6.45, 7) is 7.03. The minimum atomic E-state index is -0.0950. The number of hydrogen-bond acceptors (Lipinski definition) is 2. The van der Waals surface area contributed by atoms with Crippen LogP contribution in [0, 0.1) is 20.8 Å². The first-order valence-electron chi connectivity index (χ1n) is 5.58. The van der Waals surface area contributed by atoms with Crippen molar-refractivity contribution < 1.29 is 4.79 Å². The van der Waals surface area contributed by atoms with Gasteiger partial charge in [-0.25, -0.2) is 0 Å². The van der Waals surface area contributed by atoms with Gasteiger partial charge in [-0.3, -0.25) is 4.79 Å². The fraction of sp³-hybridized carbons (Fsp3) is 0.462. The molecule has 0 aliphatic carbocycles. The average Bonchev–Trinajstić information content (AvgIpc) is 2.21. The molecular formula is C13H20N2O. The van der Waals surface area contributed by atoms with E-state index in [1.165, 1.54) is 22.3 Å². The van der Waals surface area contributed by atoms with Crippen molar-refractivity contribution in [2.75, 3.05) is 13.1 Å². The third kappa shape index (κ3) is 3.35. The summed E-state index contributed by atoms with van der Waals surface area (Å²) in [6.07, 6.45) is 0.865. The normalized spacial score (nSPS) is 10.2. The van der Waals surface area contributed by atoms with E-state index in [1.54, 1.807) is 0 Å². The van der Waals surface area contributed by atoms with Gasteiger partial charge in [0.2, 0.25) is 5.91 Å². The summed E-state index contributed by atoms with van der Waals surface area (Å²) in [4.78, 5) is 11.0. The quantitative estimate of drug-likeness (QED) is 0.802. The molecule has 0 fully saturated rings. The maximum atomic E-state index is 11.0. The molecule has 0 aromatic heterocycles. The van der Waals surface area contributed by atoms with Gasteiger partial charge in [0.05, 0.1) is 6.54 Å². The predicted octanol–water partition coefficient (Wildman–Crippen LogP) is 1.23. The largest absolute Gasteiger partial charge is 0.355 e. The van der Waals surface area contributed by atoms with Crippen LogP contribution in [0.25, 0.3) is 0 Å². The Morgan fingerprint density at radius 3 is 2.31 bits per heavy atom. The molecule has 0 saturated carbocycles. The van der Waals surface area contributed by atoms with Crippen molar-refractivity contribution in [3.63, 3.8) is 0 Å². The van der Waals surface area contributed by atoms with Crippen LogP contribution in [-0.4, -0.2) is 19.0 Å². The van der Waals surface area contributed by atoms with Crippen molar-refractivity contribution >= 4 is 5.91 Å². The zero-order chi connectivity index (χ0) is 12.1. The molecule has 3 heteroatoms. The molecule has 3 N–H and O–H groups in total. The summed E-state index contributed by atoms with van der Waals surface area (Å²) < 4.78 is 0. The summed E-state index contributed by atoms with van der Waals surface area (Å²) >= 11 is 0. The van der Waals surface area contributed by atoms with Crippen LogP contribution >= 0.6 is 0 Å². The Balaban J connectivity index is 2.64. The Labute approximate surface area is 97.0 Å². The molecule has 0 spiro atoms. The van der Waals surface area contributed by atoms with Gasteiger partial charge in [0, 0.05) is 6.54 Å². The molecule has 1 rings (SSSR count). The third-order valence-corrected chi connectivity index (χ3v) is 2.72. The maximum Gasteiger partial charge on any atom is 0.233 e. The van der Waals surface area contributed by atoms with Crippen LogP contribution in [0.4, 0.5) is 0 Å². The van der Waals surface area contributed by atoms with Crippen LogP contribution in [0.2, 0.25) is 0 Å². The topological polar surface area (TPSA) is 55.1 Å². The summed E-state index contributed by atoms with van der Waals surface area (Å²) in [5, 5.41) is 2.79. The summed E-state index contributed by atoms with van der Waals surface area (Å²) in [5.74, 6) is -0.0950. The van der Waals surface area contributed by atoms with E-state index in [9.17, 15) is 4.79 Å². The standard InChI is InChI=1S/C13H20N2O/c1-9-6-10(2)12(11(3)7-9)4-5-15-13(16)8-14/h6-7H,4-5,8,14H2,1-3H3,(H,15,16). The molecule has 0 heterocycles. The van der Waals surface area contributed by atoms with Crippen LogP contribution in [-0.2, 0) is 11.2 Å². The van der Waals surface area contributed by atoms with Gasteiger partial charge in [0.25, 0.3) is 0 Å². The molecule has 0 unspecified atom stereocenters. The number of aryl methyl sites for hydroxylation is 3. The molecule has 88 valence electrons. The van der Waals surface area contributed by atoms with Gasteiger partial charge >= 0.3 is 0 Å². The number of hydrogen-bond donors (Lipinski definition) is 2. The molecule has 0 radical (unpaired) electrons. The SMILES string of the molecule is Cc1cc(C)c(CCNC(=O)CN)c(C)c1. The van der Waals surface area contributed by atoms with E-state index in [0.717, 1.165) is 6.42 Å². The van der Waals surface area contributed by atoms with Crippen LogP contribution < -0.4 is 11.1 Å². The number of carbonyl (C=O) groups excluding carboxylic acids is 1. The lowest BCUT2D eigenvalue weighted by atomic mass is 9.97. The molecule has 0 aliphatic heterocycles. The van der Waals surface area contributed by atoms with E-state index in [-0.39, 0.29) is 12.5 Å². The summed E-state index contributed by atoms with van der Waals surface area (Å²) in [7, 11) is 0. The smallest absolute Gasteiger partial charge is 0.233 e. The highest BCUT2D eigenvalue weighted by molar-refractivity contribution is 5.77. The van der Waals surface area contributed by atoms with Crippen molar-refractivity contribution in [3.05, 3.63) is 34.4 Å². The van der Waals surface area contributed by atoms with Gasteiger partial charge < -0.3 is 11.1 Å². The highest BCUT2D eigenvalue weighted by atomic mass is 16.1. The molecule has 0 bridgehead atoms. The second-order valence-electron chi connectivity index (χ2n) is 4.18. The number of amides is 1. The molecule has 1 aromatic rings. The minimum absolute atomic E-state index is 0.0614. The van der Waals surface area contributed by atoms with Crippen molar-refractivity contribution in [2.45, 2.75) is 27.2 Å². The fourth-order valence-electron chi connectivity index (χ4n) is 2.00. The molecular weight excluding hydrogens is 200 g/mol. The van der Waals surface area contributed by atoms with Gasteiger partial charge in [-0.15, -0.1) is 0 Å². The van der Waals surface area contributed by atoms with Crippen molar-refractivity contribution in [3.8, 4) is 0 Å². The van der Waals surface area contributed by atoms with Gasteiger partial charge in [-0.1, -0.05) is 17.7 Å². The van der Waals surface area contributed by atoms with Gasteiger partial charge in [-0.2, -0.15) is 0 Å².